The van der Waals surface area contributed by atoms with Crippen molar-refractivity contribution in [3.63, 3.8) is 0 Å². The van der Waals surface area contributed by atoms with Crippen LogP contribution in [0, 0.1) is 5.92 Å². The number of nitrogens with two attached hydrogens (primary N) is 1. The van der Waals surface area contributed by atoms with Crippen molar-refractivity contribution in [2.45, 2.75) is 19.4 Å². The number of nitrogens with zero attached hydrogens (tertiary/aromatic N) is 1. The van der Waals surface area contributed by atoms with Crippen LogP contribution < -0.4 is 10.5 Å². The predicted molar refractivity (Wildman–Crippen MR) is 84.1 cm³/mol. The SMILES string of the molecule is CC1CCN(CCOc2cccc(C(N)=S)c2)CC1O. The maximum absolute atomic E-state index is 9.85. The second-order valence-electron chi connectivity index (χ2n) is 5.37. The van der Waals surface area contributed by atoms with E-state index in [1.165, 1.54) is 0 Å². The Kier molecular flexibility index (Phi) is 5.34. The van der Waals surface area contributed by atoms with Gasteiger partial charge in [-0.05, 0) is 31.0 Å². The van der Waals surface area contributed by atoms with E-state index in [-0.39, 0.29) is 6.10 Å². The summed E-state index contributed by atoms with van der Waals surface area (Å²) in [5.74, 6) is 1.18. The zero-order valence-electron chi connectivity index (χ0n) is 11.8. The Morgan fingerprint density at radius 3 is 3.05 bits per heavy atom. The largest absolute Gasteiger partial charge is 0.492 e. The summed E-state index contributed by atoms with van der Waals surface area (Å²) in [6, 6.07) is 7.51. The Morgan fingerprint density at radius 1 is 1.55 bits per heavy atom. The van der Waals surface area contributed by atoms with E-state index in [2.05, 4.69) is 11.8 Å². The lowest BCUT2D eigenvalue weighted by atomic mass is 9.96. The molecule has 110 valence electrons. The van der Waals surface area contributed by atoms with Crippen LogP contribution in [0.15, 0.2) is 24.3 Å². The highest BCUT2D eigenvalue weighted by molar-refractivity contribution is 7.80. The molecule has 1 fully saturated rings. The van der Waals surface area contributed by atoms with Crippen LogP contribution in [0.25, 0.3) is 0 Å². The summed E-state index contributed by atoms with van der Waals surface area (Å²) in [7, 11) is 0. The van der Waals surface area contributed by atoms with Gasteiger partial charge in [-0.15, -0.1) is 0 Å². The molecule has 1 heterocycles. The quantitative estimate of drug-likeness (QED) is 0.804. The van der Waals surface area contributed by atoms with Gasteiger partial charge in [0.15, 0.2) is 0 Å². The lowest BCUT2D eigenvalue weighted by molar-refractivity contribution is 0.0244. The van der Waals surface area contributed by atoms with Crippen LogP contribution in [0.1, 0.15) is 18.9 Å². The molecule has 0 radical (unpaired) electrons. The first-order chi connectivity index (χ1) is 9.56. The van der Waals surface area contributed by atoms with Gasteiger partial charge < -0.3 is 15.6 Å². The zero-order chi connectivity index (χ0) is 14.5. The van der Waals surface area contributed by atoms with Crippen LogP contribution in [0.3, 0.4) is 0 Å². The smallest absolute Gasteiger partial charge is 0.120 e. The van der Waals surface area contributed by atoms with Crippen LogP contribution >= 0.6 is 12.2 Å². The molecule has 0 saturated carbocycles. The summed E-state index contributed by atoms with van der Waals surface area (Å²) in [5, 5.41) is 9.85. The maximum Gasteiger partial charge on any atom is 0.120 e. The van der Waals surface area contributed by atoms with Gasteiger partial charge in [-0.3, -0.25) is 4.90 Å². The zero-order valence-corrected chi connectivity index (χ0v) is 12.6. The minimum Gasteiger partial charge on any atom is -0.492 e. The monoisotopic (exact) mass is 294 g/mol. The lowest BCUT2D eigenvalue weighted by Gasteiger charge is -2.34. The second kappa shape index (κ2) is 7.02. The Morgan fingerprint density at radius 2 is 2.35 bits per heavy atom. The highest BCUT2D eigenvalue weighted by atomic mass is 32.1. The van der Waals surface area contributed by atoms with Crippen molar-refractivity contribution in [1.82, 2.24) is 4.90 Å². The van der Waals surface area contributed by atoms with Crippen LogP contribution in [-0.4, -0.2) is 47.3 Å². The fourth-order valence-electron chi connectivity index (χ4n) is 2.35. The minimum absolute atomic E-state index is 0.221. The van der Waals surface area contributed by atoms with E-state index < -0.39 is 0 Å². The number of thiocarbonyl (C=S) groups is 1. The van der Waals surface area contributed by atoms with Crippen LogP contribution in [0.4, 0.5) is 0 Å². The van der Waals surface area contributed by atoms with E-state index in [4.69, 9.17) is 22.7 Å². The topological polar surface area (TPSA) is 58.7 Å². The standard InChI is InChI=1S/C15H22N2O2S/c1-11-5-6-17(10-14(11)18)7-8-19-13-4-2-3-12(9-13)15(16)20/h2-4,9,11,14,18H,5-8,10H2,1H3,(H2,16,20). The first kappa shape index (κ1) is 15.2. The molecule has 5 heteroatoms. The van der Waals surface area contributed by atoms with Crippen molar-refractivity contribution in [2.75, 3.05) is 26.2 Å². The molecule has 0 bridgehead atoms. The predicted octanol–water partition coefficient (Wildman–Crippen LogP) is 1.40. The first-order valence-corrected chi connectivity index (χ1v) is 7.40. The third kappa shape index (κ3) is 4.16. The average Bonchev–Trinajstić information content (AvgIpc) is 2.43. The van der Waals surface area contributed by atoms with Crippen molar-refractivity contribution < 1.29 is 9.84 Å². The number of aliphatic hydroxyl groups is 1. The number of rotatable bonds is 5. The number of aliphatic hydroxyl groups excluding tert-OH is 1. The third-order valence-corrected chi connectivity index (χ3v) is 4.03. The van der Waals surface area contributed by atoms with Gasteiger partial charge in [-0.25, -0.2) is 0 Å². The van der Waals surface area contributed by atoms with Gasteiger partial charge in [-0.1, -0.05) is 31.3 Å². The Labute approximate surface area is 125 Å². The van der Waals surface area contributed by atoms with E-state index in [1.807, 2.05) is 24.3 Å². The maximum atomic E-state index is 9.85. The summed E-state index contributed by atoms with van der Waals surface area (Å²) in [6.45, 7) is 5.27. The average molecular weight is 294 g/mol. The normalized spacial score (nSPS) is 23.5. The summed E-state index contributed by atoms with van der Waals surface area (Å²) < 4.78 is 5.72. The molecule has 1 aromatic rings. The molecule has 4 nitrogen and oxygen atoms in total. The number of benzene rings is 1. The molecule has 0 spiro atoms. The van der Waals surface area contributed by atoms with Crippen LogP contribution in [-0.2, 0) is 0 Å². The molecule has 2 rings (SSSR count). The number of likely N-dealkylation sites (tertiary alicyclic amines) is 1. The number of hydrogen-bond donors (Lipinski definition) is 2. The molecule has 0 aliphatic carbocycles. The molecular formula is C15H22N2O2S. The van der Waals surface area contributed by atoms with Crippen molar-refractivity contribution in [3.05, 3.63) is 29.8 Å². The Balaban J connectivity index is 1.78. The Bertz CT molecular complexity index is 467. The highest BCUT2D eigenvalue weighted by Crippen LogP contribution is 2.17. The summed E-state index contributed by atoms with van der Waals surface area (Å²) in [6.07, 6.45) is 0.819. The summed E-state index contributed by atoms with van der Waals surface area (Å²) >= 11 is 4.95. The van der Waals surface area contributed by atoms with E-state index in [9.17, 15) is 5.11 Å². The van der Waals surface area contributed by atoms with Gasteiger partial charge in [0.25, 0.3) is 0 Å². The van der Waals surface area contributed by atoms with E-state index in [1.54, 1.807) is 0 Å². The minimum atomic E-state index is -0.221. The van der Waals surface area contributed by atoms with Gasteiger partial charge in [0, 0.05) is 18.7 Å². The summed E-state index contributed by atoms with van der Waals surface area (Å²) in [5.41, 5.74) is 6.42. The van der Waals surface area contributed by atoms with Crippen LogP contribution in [0.2, 0.25) is 0 Å². The highest BCUT2D eigenvalue weighted by Gasteiger charge is 2.23. The van der Waals surface area contributed by atoms with E-state index in [0.717, 1.165) is 37.4 Å². The van der Waals surface area contributed by atoms with Crippen molar-refractivity contribution in [2.24, 2.45) is 11.7 Å². The molecule has 0 aromatic heterocycles. The molecule has 20 heavy (non-hydrogen) atoms. The van der Waals surface area contributed by atoms with Crippen molar-refractivity contribution in [3.8, 4) is 5.75 Å². The van der Waals surface area contributed by atoms with Crippen LogP contribution in [0.5, 0.6) is 5.75 Å². The Hall–Kier alpha value is -1.17. The third-order valence-electron chi connectivity index (χ3n) is 3.80. The van der Waals surface area contributed by atoms with Gasteiger partial charge in [-0.2, -0.15) is 0 Å². The molecule has 1 aromatic carbocycles. The van der Waals surface area contributed by atoms with Gasteiger partial charge in [0.2, 0.25) is 0 Å². The fourth-order valence-corrected chi connectivity index (χ4v) is 2.48. The first-order valence-electron chi connectivity index (χ1n) is 6.99. The van der Waals surface area contributed by atoms with Crippen molar-refractivity contribution in [1.29, 1.82) is 0 Å². The summed E-state index contributed by atoms with van der Waals surface area (Å²) in [4.78, 5) is 2.62. The van der Waals surface area contributed by atoms with E-state index in [0.29, 0.717) is 17.5 Å². The number of ether oxygens (including phenoxy) is 1. The molecule has 1 aliphatic heterocycles. The van der Waals surface area contributed by atoms with Gasteiger partial charge in [0.1, 0.15) is 17.3 Å². The van der Waals surface area contributed by atoms with Gasteiger partial charge >= 0.3 is 0 Å². The second-order valence-corrected chi connectivity index (χ2v) is 5.81. The molecule has 1 aliphatic rings. The fraction of sp³-hybridized carbons (Fsp3) is 0.533. The molecule has 1 saturated heterocycles. The molecule has 2 atom stereocenters. The van der Waals surface area contributed by atoms with Gasteiger partial charge in [0.05, 0.1) is 6.10 Å². The number of piperidine rings is 1. The van der Waals surface area contributed by atoms with Crippen molar-refractivity contribution >= 4 is 17.2 Å². The lowest BCUT2D eigenvalue weighted by Crippen LogP contribution is -2.44. The number of hydrogen-bond acceptors (Lipinski definition) is 4. The molecule has 2 unspecified atom stereocenters. The molecule has 3 N–H and O–H groups in total. The molecule has 0 amide bonds. The number of β-amino-alcohol motifs (C(OH)–C–C–N with tert-alkyl or cyclic N) is 1. The van der Waals surface area contributed by atoms with E-state index >= 15 is 0 Å². The molecular weight excluding hydrogens is 272 g/mol.